The molecular formula is C26H25N3O6S. The van der Waals surface area contributed by atoms with Gasteiger partial charge in [0.05, 0.1) is 38.3 Å². The molecule has 2 aromatic heterocycles. The summed E-state index contributed by atoms with van der Waals surface area (Å²) in [7, 11) is 4.54. The smallest absolute Gasteiger partial charge is 0.297 e. The molecule has 3 heterocycles. The number of fused-ring (bicyclic) bond motifs is 2. The van der Waals surface area contributed by atoms with Crippen LogP contribution in [0.5, 0.6) is 17.2 Å². The lowest BCUT2D eigenvalue weighted by Crippen LogP contribution is -2.29. The standard InChI is InChI=1S/C26H25N3O6S/c1-7-19-27-28-26(36-19)29-21(14-10-17(32-4)23(34-6)18(11-14)33-5)20-22(30)15-8-12(2)13(3)9-16(15)35-24(20)25(29)31/h8-11,21H,7H2,1-6H3. The average Bonchev–Trinajstić information content (AvgIpc) is 3.47. The summed E-state index contributed by atoms with van der Waals surface area (Å²) in [5, 5.41) is 10.0. The van der Waals surface area contributed by atoms with Crippen LogP contribution in [0.25, 0.3) is 11.0 Å². The van der Waals surface area contributed by atoms with E-state index in [4.69, 9.17) is 18.6 Å². The second kappa shape index (κ2) is 8.94. The number of ether oxygens (including phenoxy) is 3. The highest BCUT2D eigenvalue weighted by Gasteiger charge is 2.45. The molecule has 1 aliphatic rings. The van der Waals surface area contributed by atoms with Crippen molar-refractivity contribution in [3.05, 3.63) is 67.5 Å². The number of aromatic nitrogens is 2. The zero-order chi connectivity index (χ0) is 25.7. The van der Waals surface area contributed by atoms with Crippen molar-refractivity contribution in [3.63, 3.8) is 0 Å². The molecule has 36 heavy (non-hydrogen) atoms. The molecule has 0 saturated carbocycles. The molecule has 0 saturated heterocycles. The van der Waals surface area contributed by atoms with Gasteiger partial charge in [0.15, 0.2) is 16.9 Å². The molecule has 0 N–H and O–H groups in total. The van der Waals surface area contributed by atoms with E-state index >= 15 is 0 Å². The maximum absolute atomic E-state index is 13.9. The number of carbonyl (C=O) groups excluding carboxylic acids is 1. The number of carbonyl (C=O) groups is 1. The topological polar surface area (TPSA) is 104 Å². The molecule has 186 valence electrons. The van der Waals surface area contributed by atoms with Crippen LogP contribution in [0.1, 0.15) is 50.8 Å². The Bertz CT molecular complexity index is 1550. The highest BCUT2D eigenvalue weighted by Crippen LogP contribution is 2.47. The number of nitrogens with zero attached hydrogens (tertiary/aromatic N) is 3. The first-order valence-corrected chi connectivity index (χ1v) is 12.2. The van der Waals surface area contributed by atoms with Crippen LogP contribution >= 0.6 is 11.3 Å². The molecule has 1 unspecified atom stereocenters. The summed E-state index contributed by atoms with van der Waals surface area (Å²) < 4.78 is 22.7. The fourth-order valence-electron chi connectivity index (χ4n) is 4.48. The van der Waals surface area contributed by atoms with E-state index in [2.05, 4.69) is 10.2 Å². The SMILES string of the molecule is CCc1nnc(N2C(=O)c3oc4cc(C)c(C)cc4c(=O)c3C2c2cc(OC)c(OC)c(OC)c2)s1. The van der Waals surface area contributed by atoms with Crippen LogP contribution in [0.15, 0.2) is 33.5 Å². The van der Waals surface area contributed by atoms with Crippen LogP contribution in [0.3, 0.4) is 0 Å². The van der Waals surface area contributed by atoms with Crippen LogP contribution in [-0.4, -0.2) is 37.4 Å². The predicted octanol–water partition coefficient (Wildman–Crippen LogP) is 4.60. The summed E-state index contributed by atoms with van der Waals surface area (Å²) in [5.41, 5.74) is 2.83. The molecule has 10 heteroatoms. The Morgan fingerprint density at radius 2 is 1.64 bits per heavy atom. The van der Waals surface area contributed by atoms with Crippen molar-refractivity contribution in [3.8, 4) is 17.2 Å². The normalized spacial score (nSPS) is 14.9. The molecule has 0 fully saturated rings. The van der Waals surface area contributed by atoms with Crippen LogP contribution in [0.4, 0.5) is 5.13 Å². The molecule has 0 bridgehead atoms. The van der Waals surface area contributed by atoms with Crippen molar-refractivity contribution in [1.82, 2.24) is 10.2 Å². The fraction of sp³-hybridized carbons (Fsp3) is 0.308. The number of anilines is 1. The lowest BCUT2D eigenvalue weighted by Gasteiger charge is -2.24. The van der Waals surface area contributed by atoms with Crippen molar-refractivity contribution in [2.24, 2.45) is 0 Å². The van der Waals surface area contributed by atoms with Crippen molar-refractivity contribution in [2.75, 3.05) is 26.2 Å². The van der Waals surface area contributed by atoms with Gasteiger partial charge >= 0.3 is 0 Å². The van der Waals surface area contributed by atoms with Gasteiger partial charge in [-0.25, -0.2) is 0 Å². The molecule has 0 radical (unpaired) electrons. The first-order valence-electron chi connectivity index (χ1n) is 11.4. The van der Waals surface area contributed by atoms with E-state index < -0.39 is 11.9 Å². The van der Waals surface area contributed by atoms with Crippen molar-refractivity contribution >= 4 is 33.3 Å². The molecule has 0 spiro atoms. The summed E-state index contributed by atoms with van der Waals surface area (Å²) in [4.78, 5) is 29.2. The highest BCUT2D eigenvalue weighted by atomic mass is 32.1. The average molecular weight is 508 g/mol. The summed E-state index contributed by atoms with van der Waals surface area (Å²) in [6.07, 6.45) is 0.668. The van der Waals surface area contributed by atoms with E-state index in [1.54, 1.807) is 24.3 Å². The second-order valence-corrected chi connectivity index (χ2v) is 9.52. The zero-order valence-corrected chi connectivity index (χ0v) is 21.6. The number of hydrogen-bond acceptors (Lipinski definition) is 9. The Labute approximate surface area is 211 Å². The molecule has 2 aromatic carbocycles. The first-order chi connectivity index (χ1) is 17.3. The number of hydrogen-bond donors (Lipinski definition) is 0. The first kappa shape index (κ1) is 23.8. The van der Waals surface area contributed by atoms with Crippen molar-refractivity contribution in [1.29, 1.82) is 0 Å². The van der Waals surface area contributed by atoms with Crippen LogP contribution < -0.4 is 24.5 Å². The Morgan fingerprint density at radius 3 is 2.22 bits per heavy atom. The summed E-state index contributed by atoms with van der Waals surface area (Å²) in [5.74, 6) is 0.731. The minimum atomic E-state index is -0.832. The number of benzene rings is 2. The van der Waals surface area contributed by atoms with Gasteiger partial charge in [0.2, 0.25) is 16.6 Å². The largest absolute Gasteiger partial charge is 0.493 e. The minimum absolute atomic E-state index is 0.0113. The second-order valence-electron chi connectivity index (χ2n) is 8.47. The van der Waals surface area contributed by atoms with E-state index in [1.807, 2.05) is 20.8 Å². The summed E-state index contributed by atoms with van der Waals surface area (Å²) in [6.45, 7) is 5.83. The lowest BCUT2D eigenvalue weighted by molar-refractivity contribution is 0.0970. The Kier molecular flexibility index (Phi) is 5.91. The van der Waals surface area contributed by atoms with Crippen LogP contribution in [-0.2, 0) is 6.42 Å². The molecule has 1 atom stereocenters. The van der Waals surface area contributed by atoms with Gasteiger partial charge in [0, 0.05) is 0 Å². The van der Waals surface area contributed by atoms with Gasteiger partial charge in [0.25, 0.3) is 5.91 Å². The molecule has 4 aromatic rings. The summed E-state index contributed by atoms with van der Waals surface area (Å²) >= 11 is 1.30. The van der Waals surface area contributed by atoms with E-state index in [9.17, 15) is 9.59 Å². The van der Waals surface area contributed by atoms with Crippen LogP contribution in [0, 0.1) is 13.8 Å². The molecule has 9 nitrogen and oxygen atoms in total. The fourth-order valence-corrected chi connectivity index (χ4v) is 5.29. The Morgan fingerprint density at radius 1 is 0.972 bits per heavy atom. The maximum atomic E-state index is 13.9. The molecule has 0 aliphatic carbocycles. The number of rotatable bonds is 6. The van der Waals surface area contributed by atoms with Gasteiger partial charge < -0.3 is 18.6 Å². The van der Waals surface area contributed by atoms with E-state index in [0.29, 0.717) is 45.3 Å². The number of methoxy groups -OCH3 is 3. The van der Waals surface area contributed by atoms with E-state index in [0.717, 1.165) is 16.1 Å². The third-order valence-corrected chi connectivity index (χ3v) is 7.52. The van der Waals surface area contributed by atoms with Crippen molar-refractivity contribution < 1.29 is 23.4 Å². The number of aryl methyl sites for hydroxylation is 3. The molecular weight excluding hydrogens is 482 g/mol. The minimum Gasteiger partial charge on any atom is -0.493 e. The van der Waals surface area contributed by atoms with Gasteiger partial charge in [-0.05, 0) is 61.2 Å². The lowest BCUT2D eigenvalue weighted by atomic mass is 9.97. The predicted molar refractivity (Wildman–Crippen MR) is 136 cm³/mol. The molecule has 1 amide bonds. The quantitative estimate of drug-likeness (QED) is 0.373. The third kappa shape index (κ3) is 3.51. The number of amides is 1. The van der Waals surface area contributed by atoms with Gasteiger partial charge in [-0.1, -0.05) is 18.3 Å². The van der Waals surface area contributed by atoms with Gasteiger partial charge in [-0.15, -0.1) is 10.2 Å². The highest BCUT2D eigenvalue weighted by molar-refractivity contribution is 7.15. The van der Waals surface area contributed by atoms with Crippen LogP contribution in [0.2, 0.25) is 0 Å². The van der Waals surface area contributed by atoms with Gasteiger partial charge in [-0.2, -0.15) is 0 Å². The summed E-state index contributed by atoms with van der Waals surface area (Å²) in [6, 6.07) is 6.22. The Balaban J connectivity index is 1.84. The third-order valence-electron chi connectivity index (χ3n) is 6.45. The van der Waals surface area contributed by atoms with Gasteiger partial charge in [-0.3, -0.25) is 14.5 Å². The van der Waals surface area contributed by atoms with Crippen molar-refractivity contribution in [2.45, 2.75) is 33.2 Å². The van der Waals surface area contributed by atoms with E-state index in [1.165, 1.54) is 37.6 Å². The molecule has 1 aliphatic heterocycles. The van der Waals surface area contributed by atoms with Gasteiger partial charge in [0.1, 0.15) is 10.6 Å². The zero-order valence-electron chi connectivity index (χ0n) is 20.8. The Hall–Kier alpha value is -3.92. The van der Waals surface area contributed by atoms with E-state index in [-0.39, 0.29) is 16.8 Å². The maximum Gasteiger partial charge on any atom is 0.297 e. The molecule has 5 rings (SSSR count). The monoisotopic (exact) mass is 507 g/mol.